The van der Waals surface area contributed by atoms with Crippen molar-refractivity contribution >= 4 is 28.9 Å². The molecule has 2 aromatic carbocycles. The molecule has 1 saturated carbocycles. The zero-order valence-electron chi connectivity index (χ0n) is 20.7. The van der Waals surface area contributed by atoms with Gasteiger partial charge in [-0.1, -0.05) is 18.2 Å². The Morgan fingerprint density at radius 2 is 1.58 bits per heavy atom. The van der Waals surface area contributed by atoms with Crippen LogP contribution < -0.4 is 15.5 Å². The molecular formula is C27H38N4O2. The minimum Gasteiger partial charge on any atom is -0.372 e. The maximum atomic E-state index is 12.7. The molecular weight excluding hydrogens is 412 g/mol. The summed E-state index contributed by atoms with van der Waals surface area (Å²) >= 11 is 0. The molecule has 2 amide bonds. The van der Waals surface area contributed by atoms with E-state index in [2.05, 4.69) is 46.4 Å². The highest BCUT2D eigenvalue weighted by Crippen LogP contribution is 2.28. The van der Waals surface area contributed by atoms with Crippen LogP contribution in [0.25, 0.3) is 0 Å². The van der Waals surface area contributed by atoms with Gasteiger partial charge in [0.05, 0.1) is 6.54 Å². The Kier molecular flexibility index (Phi) is 8.50. The van der Waals surface area contributed by atoms with Gasteiger partial charge in [-0.25, -0.2) is 0 Å². The average Bonchev–Trinajstić information content (AvgIpc) is 3.62. The molecule has 0 aliphatic heterocycles. The first-order chi connectivity index (χ1) is 15.8. The summed E-state index contributed by atoms with van der Waals surface area (Å²) in [6.45, 7) is 13.1. The molecule has 0 radical (unpaired) electrons. The highest BCUT2D eigenvalue weighted by molar-refractivity contribution is 5.94. The summed E-state index contributed by atoms with van der Waals surface area (Å²) in [7, 11) is 0. The summed E-state index contributed by atoms with van der Waals surface area (Å²) in [6, 6.07) is 12.6. The number of carbonyl (C=O) groups is 2. The summed E-state index contributed by atoms with van der Waals surface area (Å²) in [5, 5.41) is 6.12. The van der Waals surface area contributed by atoms with Crippen molar-refractivity contribution in [2.75, 3.05) is 41.7 Å². The zero-order valence-corrected chi connectivity index (χ0v) is 20.7. The number of amides is 2. The van der Waals surface area contributed by atoms with Crippen LogP contribution in [0.5, 0.6) is 0 Å². The maximum Gasteiger partial charge on any atom is 0.238 e. The largest absolute Gasteiger partial charge is 0.372 e. The van der Waals surface area contributed by atoms with Gasteiger partial charge >= 0.3 is 0 Å². The van der Waals surface area contributed by atoms with E-state index in [0.717, 1.165) is 54.0 Å². The molecule has 1 aliphatic carbocycles. The number of nitrogens with zero attached hydrogens (tertiary/aromatic N) is 2. The van der Waals surface area contributed by atoms with E-state index in [1.54, 1.807) is 0 Å². The molecule has 2 aromatic rings. The number of para-hydroxylation sites is 1. The molecule has 178 valence electrons. The molecule has 0 heterocycles. The highest BCUT2D eigenvalue weighted by Gasteiger charge is 2.30. The molecule has 33 heavy (non-hydrogen) atoms. The maximum absolute atomic E-state index is 12.7. The van der Waals surface area contributed by atoms with Crippen LogP contribution in [0.1, 0.15) is 49.8 Å². The topological polar surface area (TPSA) is 64.7 Å². The summed E-state index contributed by atoms with van der Waals surface area (Å²) < 4.78 is 0. The van der Waals surface area contributed by atoms with Gasteiger partial charge in [-0.3, -0.25) is 14.5 Å². The molecule has 6 heteroatoms. The van der Waals surface area contributed by atoms with Gasteiger partial charge in [-0.2, -0.15) is 0 Å². The van der Waals surface area contributed by atoms with Crippen molar-refractivity contribution < 1.29 is 9.59 Å². The molecule has 0 atom stereocenters. The molecule has 2 N–H and O–H groups in total. The number of rotatable bonds is 11. The van der Waals surface area contributed by atoms with Crippen molar-refractivity contribution in [1.29, 1.82) is 0 Å². The lowest BCUT2D eigenvalue weighted by Crippen LogP contribution is -2.37. The van der Waals surface area contributed by atoms with E-state index in [1.807, 2.05) is 45.0 Å². The van der Waals surface area contributed by atoms with E-state index >= 15 is 0 Å². The van der Waals surface area contributed by atoms with Crippen LogP contribution >= 0.6 is 0 Å². The number of anilines is 3. The van der Waals surface area contributed by atoms with Gasteiger partial charge in [0, 0.05) is 49.2 Å². The van der Waals surface area contributed by atoms with Crippen LogP contribution in [0, 0.1) is 20.8 Å². The van der Waals surface area contributed by atoms with Gasteiger partial charge in [0.1, 0.15) is 0 Å². The van der Waals surface area contributed by atoms with Crippen LogP contribution in [0.2, 0.25) is 0 Å². The van der Waals surface area contributed by atoms with Gasteiger partial charge in [-0.05, 0) is 82.3 Å². The van der Waals surface area contributed by atoms with Crippen molar-refractivity contribution in [2.24, 2.45) is 0 Å². The Morgan fingerprint density at radius 1 is 0.909 bits per heavy atom. The molecule has 0 aromatic heterocycles. The summed E-state index contributed by atoms with van der Waals surface area (Å²) in [4.78, 5) is 29.8. The lowest BCUT2D eigenvalue weighted by molar-refractivity contribution is -0.119. The molecule has 1 aliphatic rings. The molecule has 0 saturated heterocycles. The molecule has 0 unspecified atom stereocenters. The van der Waals surface area contributed by atoms with Gasteiger partial charge in [-0.15, -0.1) is 0 Å². The summed E-state index contributed by atoms with van der Waals surface area (Å²) in [6.07, 6.45) is 2.54. The van der Waals surface area contributed by atoms with Gasteiger partial charge in [0.2, 0.25) is 11.8 Å². The first kappa shape index (κ1) is 24.8. The van der Waals surface area contributed by atoms with Gasteiger partial charge in [0.15, 0.2) is 0 Å². The normalized spacial score (nSPS) is 13.2. The highest BCUT2D eigenvalue weighted by atomic mass is 16.2. The number of benzene rings is 2. The standard InChI is InChI=1S/C27H38N4O2/c1-6-30(7-2)23-13-14-24(21(5)17-23)28-25(32)15-16-31(22-11-12-22)18-26(33)29-27-19(3)9-8-10-20(27)4/h8-10,13-14,17,22H,6-7,11-12,15-16,18H2,1-5H3,(H,28,32)(H,29,33). The Hall–Kier alpha value is -2.86. The minimum atomic E-state index is -0.0254. The SMILES string of the molecule is CCN(CC)c1ccc(NC(=O)CCN(CC(=O)Nc2c(C)cccc2C)C2CC2)c(C)c1. The van der Waals surface area contributed by atoms with Crippen molar-refractivity contribution in [3.05, 3.63) is 53.1 Å². The summed E-state index contributed by atoms with van der Waals surface area (Å²) in [5.41, 5.74) is 6.08. The number of carbonyl (C=O) groups excluding carboxylic acids is 2. The monoisotopic (exact) mass is 450 g/mol. The van der Waals surface area contributed by atoms with Crippen molar-refractivity contribution in [1.82, 2.24) is 4.90 Å². The van der Waals surface area contributed by atoms with Gasteiger partial charge in [0.25, 0.3) is 0 Å². The number of hydrogen-bond acceptors (Lipinski definition) is 4. The molecule has 0 bridgehead atoms. The number of nitrogens with one attached hydrogen (secondary N) is 2. The lowest BCUT2D eigenvalue weighted by atomic mass is 10.1. The fourth-order valence-corrected chi connectivity index (χ4v) is 4.24. The van der Waals surface area contributed by atoms with Crippen LogP contribution in [0.4, 0.5) is 17.1 Å². The van der Waals surface area contributed by atoms with Crippen LogP contribution in [0.15, 0.2) is 36.4 Å². The van der Waals surface area contributed by atoms with Crippen LogP contribution in [-0.4, -0.2) is 48.9 Å². The quantitative estimate of drug-likeness (QED) is 0.512. The second kappa shape index (κ2) is 11.3. The predicted octanol–water partition coefficient (Wildman–Crippen LogP) is 4.89. The predicted molar refractivity (Wildman–Crippen MR) is 137 cm³/mol. The smallest absolute Gasteiger partial charge is 0.238 e. The second-order valence-electron chi connectivity index (χ2n) is 8.99. The van der Waals surface area contributed by atoms with E-state index in [0.29, 0.717) is 25.6 Å². The van der Waals surface area contributed by atoms with Crippen molar-refractivity contribution in [2.45, 2.75) is 59.9 Å². The lowest BCUT2D eigenvalue weighted by Gasteiger charge is -2.23. The third-order valence-electron chi connectivity index (χ3n) is 6.39. The van der Waals surface area contributed by atoms with Crippen LogP contribution in [0.3, 0.4) is 0 Å². The van der Waals surface area contributed by atoms with E-state index in [9.17, 15) is 9.59 Å². The average molecular weight is 451 g/mol. The molecule has 0 spiro atoms. The Balaban J connectivity index is 1.54. The Morgan fingerprint density at radius 3 is 2.15 bits per heavy atom. The minimum absolute atomic E-state index is 0.0190. The number of hydrogen-bond donors (Lipinski definition) is 2. The van der Waals surface area contributed by atoms with E-state index in [1.165, 1.54) is 5.69 Å². The molecule has 1 fully saturated rings. The fraction of sp³-hybridized carbons (Fsp3) is 0.481. The second-order valence-corrected chi connectivity index (χ2v) is 8.99. The molecule has 3 rings (SSSR count). The Labute approximate surface area is 198 Å². The number of aryl methyl sites for hydroxylation is 3. The zero-order chi connectivity index (χ0) is 24.0. The molecule has 6 nitrogen and oxygen atoms in total. The first-order valence-corrected chi connectivity index (χ1v) is 12.1. The van der Waals surface area contributed by atoms with Crippen molar-refractivity contribution in [3.8, 4) is 0 Å². The van der Waals surface area contributed by atoms with E-state index in [4.69, 9.17) is 0 Å². The third kappa shape index (κ3) is 6.81. The summed E-state index contributed by atoms with van der Waals surface area (Å²) in [5.74, 6) is -0.0444. The fourth-order valence-electron chi connectivity index (χ4n) is 4.24. The van der Waals surface area contributed by atoms with Crippen LogP contribution in [-0.2, 0) is 9.59 Å². The Bertz CT molecular complexity index is 960. The van der Waals surface area contributed by atoms with Gasteiger partial charge < -0.3 is 15.5 Å². The third-order valence-corrected chi connectivity index (χ3v) is 6.39. The van der Waals surface area contributed by atoms with Crippen molar-refractivity contribution in [3.63, 3.8) is 0 Å². The first-order valence-electron chi connectivity index (χ1n) is 12.1. The van der Waals surface area contributed by atoms with E-state index in [-0.39, 0.29) is 11.8 Å². The van der Waals surface area contributed by atoms with E-state index < -0.39 is 0 Å².